The standard InChI is InChI=1S/C15H15NO2/c1-10-4-5-14(18-3)12(8-10)15(17)13-9-11(2)6-7-16-13/h4-9H,1-3H3. The third kappa shape index (κ3) is 2.40. The van der Waals surface area contributed by atoms with Crippen LogP contribution in [0.2, 0.25) is 0 Å². The Morgan fingerprint density at radius 2 is 1.83 bits per heavy atom. The molecule has 0 N–H and O–H groups in total. The van der Waals surface area contributed by atoms with Crippen LogP contribution in [0, 0.1) is 13.8 Å². The Balaban J connectivity index is 2.48. The van der Waals surface area contributed by atoms with E-state index in [9.17, 15) is 4.79 Å². The molecule has 1 aromatic carbocycles. The molecule has 0 spiro atoms. The van der Waals surface area contributed by atoms with Crippen LogP contribution in [0.5, 0.6) is 5.75 Å². The first-order chi connectivity index (χ1) is 8.61. The zero-order valence-electron chi connectivity index (χ0n) is 10.7. The van der Waals surface area contributed by atoms with Gasteiger partial charge >= 0.3 is 0 Å². The molecule has 3 nitrogen and oxygen atoms in total. The van der Waals surface area contributed by atoms with Gasteiger partial charge in [-0.3, -0.25) is 9.78 Å². The Morgan fingerprint density at radius 1 is 1.11 bits per heavy atom. The second kappa shape index (κ2) is 5.00. The van der Waals surface area contributed by atoms with Gasteiger partial charge in [0.1, 0.15) is 11.4 Å². The summed E-state index contributed by atoms with van der Waals surface area (Å²) in [6.07, 6.45) is 1.64. The van der Waals surface area contributed by atoms with Crippen molar-refractivity contribution in [3.05, 3.63) is 58.9 Å². The first-order valence-corrected chi connectivity index (χ1v) is 5.74. The zero-order valence-corrected chi connectivity index (χ0v) is 10.7. The van der Waals surface area contributed by atoms with Crippen LogP contribution in [-0.2, 0) is 0 Å². The second-order valence-corrected chi connectivity index (χ2v) is 4.25. The number of aromatic nitrogens is 1. The molecule has 0 bridgehead atoms. The van der Waals surface area contributed by atoms with Gasteiger partial charge in [0.2, 0.25) is 5.78 Å². The average molecular weight is 241 g/mol. The van der Waals surface area contributed by atoms with Gasteiger partial charge in [-0.2, -0.15) is 0 Å². The van der Waals surface area contributed by atoms with Crippen LogP contribution in [-0.4, -0.2) is 17.9 Å². The van der Waals surface area contributed by atoms with Crippen LogP contribution >= 0.6 is 0 Å². The molecule has 0 saturated carbocycles. The molecule has 0 aliphatic heterocycles. The maximum Gasteiger partial charge on any atom is 0.215 e. The molecule has 0 amide bonds. The molecule has 1 heterocycles. The highest BCUT2D eigenvalue weighted by molar-refractivity contribution is 6.09. The van der Waals surface area contributed by atoms with E-state index in [0.717, 1.165) is 11.1 Å². The van der Waals surface area contributed by atoms with E-state index < -0.39 is 0 Å². The molecule has 18 heavy (non-hydrogen) atoms. The van der Waals surface area contributed by atoms with Gasteiger partial charge in [0, 0.05) is 6.20 Å². The van der Waals surface area contributed by atoms with E-state index in [1.807, 2.05) is 32.0 Å². The summed E-state index contributed by atoms with van der Waals surface area (Å²) in [5, 5.41) is 0. The van der Waals surface area contributed by atoms with Crippen LogP contribution in [0.1, 0.15) is 27.2 Å². The highest BCUT2D eigenvalue weighted by atomic mass is 16.5. The number of ketones is 1. The van der Waals surface area contributed by atoms with E-state index in [0.29, 0.717) is 17.0 Å². The van der Waals surface area contributed by atoms with Crippen molar-refractivity contribution in [1.29, 1.82) is 0 Å². The lowest BCUT2D eigenvalue weighted by molar-refractivity contribution is 0.103. The monoisotopic (exact) mass is 241 g/mol. The summed E-state index contributed by atoms with van der Waals surface area (Å²) in [6.45, 7) is 3.88. The van der Waals surface area contributed by atoms with Crippen molar-refractivity contribution in [3.63, 3.8) is 0 Å². The van der Waals surface area contributed by atoms with E-state index in [1.54, 1.807) is 25.4 Å². The number of carbonyl (C=O) groups is 1. The van der Waals surface area contributed by atoms with E-state index in [1.165, 1.54) is 0 Å². The summed E-state index contributed by atoms with van der Waals surface area (Å²) in [5.74, 6) is 0.466. The van der Waals surface area contributed by atoms with Crippen LogP contribution in [0.3, 0.4) is 0 Å². The van der Waals surface area contributed by atoms with Gasteiger partial charge in [-0.15, -0.1) is 0 Å². The zero-order chi connectivity index (χ0) is 13.1. The lowest BCUT2D eigenvalue weighted by Crippen LogP contribution is -2.06. The minimum atomic E-state index is -0.112. The summed E-state index contributed by atoms with van der Waals surface area (Å²) in [5.41, 5.74) is 3.03. The number of ether oxygens (including phenoxy) is 1. The predicted octanol–water partition coefficient (Wildman–Crippen LogP) is 2.94. The van der Waals surface area contributed by atoms with Crippen molar-refractivity contribution in [1.82, 2.24) is 4.98 Å². The summed E-state index contributed by atoms with van der Waals surface area (Å²) >= 11 is 0. The highest BCUT2D eigenvalue weighted by Gasteiger charge is 2.15. The number of nitrogens with zero attached hydrogens (tertiary/aromatic N) is 1. The van der Waals surface area contributed by atoms with Crippen LogP contribution in [0.15, 0.2) is 36.5 Å². The molecule has 0 radical (unpaired) electrons. The number of pyridine rings is 1. The maximum atomic E-state index is 12.4. The summed E-state index contributed by atoms with van der Waals surface area (Å²) in [6, 6.07) is 9.19. The molecule has 2 rings (SSSR count). The van der Waals surface area contributed by atoms with Crippen LogP contribution in [0.4, 0.5) is 0 Å². The first kappa shape index (κ1) is 12.3. The fraction of sp³-hybridized carbons (Fsp3) is 0.200. The van der Waals surface area contributed by atoms with Crippen molar-refractivity contribution in [2.75, 3.05) is 7.11 Å². The van der Waals surface area contributed by atoms with Crippen molar-refractivity contribution in [3.8, 4) is 5.75 Å². The fourth-order valence-corrected chi connectivity index (χ4v) is 1.80. The molecule has 0 fully saturated rings. The van der Waals surface area contributed by atoms with E-state index >= 15 is 0 Å². The van der Waals surface area contributed by atoms with Gasteiger partial charge < -0.3 is 4.74 Å². The topological polar surface area (TPSA) is 39.2 Å². The van der Waals surface area contributed by atoms with Gasteiger partial charge in [-0.05, 0) is 43.7 Å². The molecule has 2 aromatic rings. The molecular weight excluding hydrogens is 226 g/mol. The second-order valence-electron chi connectivity index (χ2n) is 4.25. The van der Waals surface area contributed by atoms with Crippen molar-refractivity contribution in [2.45, 2.75) is 13.8 Å². The largest absolute Gasteiger partial charge is 0.496 e. The Morgan fingerprint density at radius 3 is 2.50 bits per heavy atom. The minimum absolute atomic E-state index is 0.112. The molecular formula is C15H15NO2. The number of carbonyl (C=O) groups excluding carboxylic acids is 1. The highest BCUT2D eigenvalue weighted by Crippen LogP contribution is 2.22. The maximum absolute atomic E-state index is 12.4. The molecule has 0 aliphatic carbocycles. The SMILES string of the molecule is COc1ccc(C)cc1C(=O)c1cc(C)ccn1. The average Bonchev–Trinajstić information content (AvgIpc) is 2.38. The molecule has 0 atom stereocenters. The lowest BCUT2D eigenvalue weighted by atomic mass is 10.0. The summed E-state index contributed by atoms with van der Waals surface area (Å²) in [7, 11) is 1.56. The number of hydrogen-bond acceptors (Lipinski definition) is 3. The first-order valence-electron chi connectivity index (χ1n) is 5.74. The summed E-state index contributed by atoms with van der Waals surface area (Å²) < 4.78 is 5.22. The van der Waals surface area contributed by atoms with Gasteiger partial charge in [0.25, 0.3) is 0 Å². The number of methoxy groups -OCH3 is 1. The molecule has 0 aliphatic rings. The van der Waals surface area contributed by atoms with E-state index in [4.69, 9.17) is 4.74 Å². The van der Waals surface area contributed by atoms with Gasteiger partial charge in [0.15, 0.2) is 0 Å². The Kier molecular flexibility index (Phi) is 3.42. The number of aryl methyl sites for hydroxylation is 2. The van der Waals surface area contributed by atoms with Crippen LogP contribution in [0.25, 0.3) is 0 Å². The molecule has 92 valence electrons. The smallest absolute Gasteiger partial charge is 0.215 e. The van der Waals surface area contributed by atoms with E-state index in [2.05, 4.69) is 4.98 Å². The van der Waals surface area contributed by atoms with Crippen molar-refractivity contribution < 1.29 is 9.53 Å². The Bertz CT molecular complexity index is 591. The van der Waals surface area contributed by atoms with Gasteiger partial charge in [-0.1, -0.05) is 11.6 Å². The van der Waals surface area contributed by atoms with Crippen molar-refractivity contribution in [2.24, 2.45) is 0 Å². The number of rotatable bonds is 3. The fourth-order valence-electron chi connectivity index (χ4n) is 1.80. The van der Waals surface area contributed by atoms with Crippen LogP contribution < -0.4 is 4.74 Å². The normalized spacial score (nSPS) is 10.2. The summed E-state index contributed by atoms with van der Waals surface area (Å²) in [4.78, 5) is 16.5. The third-order valence-corrected chi connectivity index (χ3v) is 2.75. The molecule has 3 heteroatoms. The third-order valence-electron chi connectivity index (χ3n) is 2.75. The number of hydrogen-bond donors (Lipinski definition) is 0. The molecule has 0 saturated heterocycles. The predicted molar refractivity (Wildman–Crippen MR) is 70.1 cm³/mol. The lowest BCUT2D eigenvalue weighted by Gasteiger charge is -2.08. The Hall–Kier alpha value is -2.16. The Labute approximate surface area is 106 Å². The van der Waals surface area contributed by atoms with E-state index in [-0.39, 0.29) is 5.78 Å². The minimum Gasteiger partial charge on any atom is -0.496 e. The molecule has 0 unspecified atom stereocenters. The van der Waals surface area contributed by atoms with Crippen molar-refractivity contribution >= 4 is 5.78 Å². The van der Waals surface area contributed by atoms with Gasteiger partial charge in [-0.25, -0.2) is 0 Å². The quantitative estimate of drug-likeness (QED) is 0.775. The molecule has 1 aromatic heterocycles. The van der Waals surface area contributed by atoms with Gasteiger partial charge in [0.05, 0.1) is 12.7 Å². The number of benzene rings is 1.